The topological polar surface area (TPSA) is 64.1 Å². The molecule has 0 aliphatic carbocycles. The number of amides is 1. The van der Waals surface area contributed by atoms with Crippen molar-refractivity contribution in [1.29, 1.82) is 0 Å². The van der Waals surface area contributed by atoms with Crippen LogP contribution in [0, 0.1) is 0 Å². The number of aromatic nitrogens is 1. The molecule has 8 heteroatoms. The van der Waals surface area contributed by atoms with Crippen LogP contribution < -0.4 is 14.2 Å². The average Bonchev–Trinajstić information content (AvgIpc) is 2.89. The molecule has 35 heavy (non-hydrogen) atoms. The summed E-state index contributed by atoms with van der Waals surface area (Å²) in [4.78, 5) is 21.4. The largest absolute Gasteiger partial charge is 0.496 e. The number of hydrogen-bond donors (Lipinski definition) is 0. The number of carbonyl (C=O) groups is 1. The van der Waals surface area contributed by atoms with Crippen LogP contribution in [-0.2, 0) is 13.2 Å². The molecule has 0 spiro atoms. The highest BCUT2D eigenvalue weighted by Gasteiger charge is 2.24. The van der Waals surface area contributed by atoms with Gasteiger partial charge >= 0.3 is 0 Å². The van der Waals surface area contributed by atoms with E-state index in [2.05, 4.69) is 9.88 Å². The molecule has 1 aromatic heterocycles. The summed E-state index contributed by atoms with van der Waals surface area (Å²) < 4.78 is 17.2. The van der Waals surface area contributed by atoms with E-state index in [4.69, 9.17) is 25.8 Å². The van der Waals surface area contributed by atoms with Gasteiger partial charge in [0.25, 0.3) is 5.91 Å². The Kier molecular flexibility index (Phi) is 8.45. The van der Waals surface area contributed by atoms with Crippen molar-refractivity contribution < 1.29 is 19.0 Å². The van der Waals surface area contributed by atoms with E-state index in [1.165, 1.54) is 0 Å². The number of piperazine rings is 1. The number of rotatable bonds is 9. The maximum atomic E-state index is 13.2. The van der Waals surface area contributed by atoms with Gasteiger partial charge in [-0.1, -0.05) is 11.6 Å². The molecule has 4 rings (SSSR count). The fourth-order valence-corrected chi connectivity index (χ4v) is 4.27. The summed E-state index contributed by atoms with van der Waals surface area (Å²) in [6, 6.07) is 14.8. The fourth-order valence-electron chi connectivity index (χ4n) is 4.07. The number of methoxy groups -OCH3 is 1. The van der Waals surface area contributed by atoms with Crippen LogP contribution in [0.5, 0.6) is 17.2 Å². The predicted octanol–water partition coefficient (Wildman–Crippen LogP) is 4.68. The Hall–Kier alpha value is -3.29. The van der Waals surface area contributed by atoms with Gasteiger partial charge in [-0.2, -0.15) is 0 Å². The van der Waals surface area contributed by atoms with Crippen LogP contribution in [0.25, 0.3) is 0 Å². The first-order valence-corrected chi connectivity index (χ1v) is 12.1. The van der Waals surface area contributed by atoms with Gasteiger partial charge in [0.1, 0.15) is 12.4 Å². The van der Waals surface area contributed by atoms with Crippen molar-refractivity contribution in [3.05, 3.63) is 82.6 Å². The number of hydrogen-bond acceptors (Lipinski definition) is 6. The molecule has 1 aliphatic rings. The lowest BCUT2D eigenvalue weighted by Gasteiger charge is -2.35. The predicted molar refractivity (Wildman–Crippen MR) is 135 cm³/mol. The highest BCUT2D eigenvalue weighted by atomic mass is 35.5. The smallest absolute Gasteiger partial charge is 0.254 e. The van der Waals surface area contributed by atoms with E-state index in [1.54, 1.807) is 37.7 Å². The molecular weight excluding hydrogens is 466 g/mol. The summed E-state index contributed by atoms with van der Waals surface area (Å²) in [6.45, 7) is 6.35. The van der Waals surface area contributed by atoms with Gasteiger partial charge in [-0.25, -0.2) is 0 Å². The fraction of sp³-hybridized carbons (Fsp3) is 0.333. The number of benzene rings is 2. The van der Waals surface area contributed by atoms with Gasteiger partial charge in [-0.05, 0) is 61.0 Å². The summed E-state index contributed by atoms with van der Waals surface area (Å²) >= 11 is 6.17. The first-order chi connectivity index (χ1) is 17.1. The zero-order chi connectivity index (χ0) is 24.6. The lowest BCUT2D eigenvalue weighted by molar-refractivity contribution is 0.0627. The highest BCUT2D eigenvalue weighted by molar-refractivity contribution is 6.30. The molecule has 1 aliphatic heterocycles. The molecule has 2 heterocycles. The Morgan fingerprint density at radius 1 is 0.943 bits per heavy atom. The maximum Gasteiger partial charge on any atom is 0.254 e. The van der Waals surface area contributed by atoms with Gasteiger partial charge in [-0.3, -0.25) is 14.7 Å². The SMILES string of the molecule is CCOc1cc(C(=O)N2CCN(Cc3cc(Cl)ccc3OC)CC2)ccc1OCc1ccncc1. The van der Waals surface area contributed by atoms with Crippen LogP contribution in [0.2, 0.25) is 5.02 Å². The monoisotopic (exact) mass is 495 g/mol. The first-order valence-electron chi connectivity index (χ1n) is 11.7. The molecule has 0 radical (unpaired) electrons. The van der Waals surface area contributed by atoms with Crippen LogP contribution in [0.15, 0.2) is 60.9 Å². The van der Waals surface area contributed by atoms with Crippen LogP contribution >= 0.6 is 11.6 Å². The molecule has 0 bridgehead atoms. The summed E-state index contributed by atoms with van der Waals surface area (Å²) in [7, 11) is 1.66. The Morgan fingerprint density at radius 3 is 2.40 bits per heavy atom. The van der Waals surface area contributed by atoms with E-state index >= 15 is 0 Å². The molecule has 1 amide bonds. The third-order valence-corrected chi connectivity index (χ3v) is 6.17. The zero-order valence-electron chi connectivity index (χ0n) is 20.1. The minimum absolute atomic E-state index is 0.00776. The van der Waals surface area contributed by atoms with Crippen molar-refractivity contribution in [2.24, 2.45) is 0 Å². The minimum Gasteiger partial charge on any atom is -0.496 e. The number of halogens is 1. The van der Waals surface area contributed by atoms with Crippen molar-refractivity contribution >= 4 is 17.5 Å². The summed E-state index contributed by atoms with van der Waals surface area (Å²) in [5, 5.41) is 0.688. The second-order valence-corrected chi connectivity index (χ2v) is 8.70. The lowest BCUT2D eigenvalue weighted by Crippen LogP contribution is -2.48. The second-order valence-electron chi connectivity index (χ2n) is 8.26. The van der Waals surface area contributed by atoms with Gasteiger partial charge in [0.05, 0.1) is 13.7 Å². The third-order valence-electron chi connectivity index (χ3n) is 5.93. The van der Waals surface area contributed by atoms with Gasteiger partial charge in [0.15, 0.2) is 11.5 Å². The molecule has 0 atom stereocenters. The molecule has 0 unspecified atom stereocenters. The third kappa shape index (κ3) is 6.44. The van der Waals surface area contributed by atoms with E-state index < -0.39 is 0 Å². The summed E-state index contributed by atoms with van der Waals surface area (Å²) in [5.74, 6) is 1.99. The molecule has 3 aromatic rings. The molecule has 7 nitrogen and oxygen atoms in total. The van der Waals surface area contributed by atoms with Crippen LogP contribution in [-0.4, -0.2) is 60.6 Å². The van der Waals surface area contributed by atoms with E-state index in [1.807, 2.05) is 42.2 Å². The van der Waals surface area contributed by atoms with Gasteiger partial charge in [0.2, 0.25) is 0 Å². The molecule has 184 valence electrons. The van der Waals surface area contributed by atoms with Crippen LogP contribution in [0.1, 0.15) is 28.4 Å². The number of pyridine rings is 1. The van der Waals surface area contributed by atoms with E-state index in [-0.39, 0.29) is 5.91 Å². The van der Waals surface area contributed by atoms with Gasteiger partial charge in [-0.15, -0.1) is 0 Å². The number of ether oxygens (including phenoxy) is 3. The quantitative estimate of drug-likeness (QED) is 0.429. The standard InChI is InChI=1S/C27H30ClN3O4/c1-3-34-26-17-21(4-6-25(26)35-19-20-8-10-29-11-9-20)27(32)31-14-12-30(13-15-31)18-22-16-23(28)5-7-24(22)33-2/h4-11,16-17H,3,12-15,18-19H2,1-2H3. The Morgan fingerprint density at radius 2 is 1.69 bits per heavy atom. The Bertz CT molecular complexity index is 1130. The average molecular weight is 496 g/mol. The Labute approximate surface area is 211 Å². The number of nitrogens with zero attached hydrogens (tertiary/aromatic N) is 3. The van der Waals surface area contributed by atoms with E-state index in [0.29, 0.717) is 48.4 Å². The van der Waals surface area contributed by atoms with Gasteiger partial charge in [0, 0.05) is 61.3 Å². The van der Waals surface area contributed by atoms with Crippen molar-refractivity contribution in [3.63, 3.8) is 0 Å². The second kappa shape index (κ2) is 11.9. The molecule has 0 N–H and O–H groups in total. The van der Waals surface area contributed by atoms with Crippen molar-refractivity contribution in [1.82, 2.24) is 14.8 Å². The minimum atomic E-state index is -0.00776. The van der Waals surface area contributed by atoms with Crippen molar-refractivity contribution in [2.45, 2.75) is 20.1 Å². The van der Waals surface area contributed by atoms with Crippen molar-refractivity contribution in [3.8, 4) is 17.2 Å². The maximum absolute atomic E-state index is 13.2. The number of carbonyl (C=O) groups excluding carboxylic acids is 1. The molecule has 0 saturated carbocycles. The molecule has 2 aromatic carbocycles. The first kappa shape index (κ1) is 24.8. The van der Waals surface area contributed by atoms with Gasteiger partial charge < -0.3 is 19.1 Å². The highest BCUT2D eigenvalue weighted by Crippen LogP contribution is 2.30. The van der Waals surface area contributed by atoms with E-state index in [0.717, 1.165) is 36.5 Å². The van der Waals surface area contributed by atoms with E-state index in [9.17, 15) is 4.79 Å². The normalized spacial score (nSPS) is 14.0. The van der Waals surface area contributed by atoms with Crippen molar-refractivity contribution in [2.75, 3.05) is 39.9 Å². The molecular formula is C27H30ClN3O4. The van der Waals surface area contributed by atoms with Crippen LogP contribution in [0.3, 0.4) is 0 Å². The lowest BCUT2D eigenvalue weighted by atomic mass is 10.1. The molecule has 1 saturated heterocycles. The Balaban J connectivity index is 1.37. The van der Waals surface area contributed by atoms with Crippen LogP contribution in [0.4, 0.5) is 0 Å². The summed E-state index contributed by atoms with van der Waals surface area (Å²) in [6.07, 6.45) is 3.46. The summed E-state index contributed by atoms with van der Waals surface area (Å²) in [5.41, 5.74) is 2.65. The molecule has 1 fully saturated rings. The zero-order valence-corrected chi connectivity index (χ0v) is 20.8.